The molecule has 102 valence electrons. The second-order valence-electron chi connectivity index (χ2n) is 5.44. The Morgan fingerprint density at radius 2 is 2.21 bits per heavy atom. The van der Waals surface area contributed by atoms with E-state index in [4.69, 9.17) is 11.6 Å². The molecule has 2 aliphatic heterocycles. The molecule has 4 nitrogen and oxygen atoms in total. The fourth-order valence-corrected chi connectivity index (χ4v) is 3.70. The molecule has 19 heavy (non-hydrogen) atoms. The third-order valence-electron chi connectivity index (χ3n) is 4.35. The molecular formula is C14H17ClN2O2. The maximum atomic E-state index is 11.2. The average molecular weight is 281 g/mol. The summed E-state index contributed by atoms with van der Waals surface area (Å²) in [6.45, 7) is 2.15. The van der Waals surface area contributed by atoms with Gasteiger partial charge in [0.25, 0.3) is 0 Å². The number of rotatable bonds is 0. The first-order chi connectivity index (χ1) is 9.08. The summed E-state index contributed by atoms with van der Waals surface area (Å²) in [5.41, 5.74) is 2.27. The smallest absolute Gasteiger partial charge is 0.407 e. The van der Waals surface area contributed by atoms with Crippen LogP contribution < -0.4 is 4.90 Å². The van der Waals surface area contributed by atoms with Gasteiger partial charge in [-0.25, -0.2) is 4.79 Å². The molecule has 0 radical (unpaired) electrons. The summed E-state index contributed by atoms with van der Waals surface area (Å²) in [5, 5.41) is 9.93. The molecule has 0 aliphatic carbocycles. The van der Waals surface area contributed by atoms with E-state index in [0.29, 0.717) is 19.0 Å². The number of carboxylic acid groups (broad SMARTS) is 1. The van der Waals surface area contributed by atoms with Crippen molar-refractivity contribution in [2.45, 2.75) is 12.3 Å². The predicted molar refractivity (Wildman–Crippen MR) is 75.2 cm³/mol. The van der Waals surface area contributed by atoms with Crippen molar-refractivity contribution >= 4 is 23.4 Å². The molecule has 3 rings (SSSR count). The molecule has 1 amide bonds. The van der Waals surface area contributed by atoms with Crippen molar-refractivity contribution in [3.8, 4) is 0 Å². The van der Waals surface area contributed by atoms with Crippen molar-refractivity contribution < 1.29 is 9.90 Å². The fraction of sp³-hybridized carbons (Fsp3) is 0.500. The first-order valence-electron chi connectivity index (χ1n) is 6.55. The summed E-state index contributed by atoms with van der Waals surface area (Å²) in [4.78, 5) is 14.9. The summed E-state index contributed by atoms with van der Waals surface area (Å²) in [6.07, 6.45) is 0.195. The minimum absolute atomic E-state index is 0.273. The SMILES string of the molecule is CN1CC[C@@H]2CN(C(=O)O)C[C@H]2c2cccc(Cl)c21. The van der Waals surface area contributed by atoms with E-state index in [0.717, 1.165) is 23.7 Å². The zero-order valence-electron chi connectivity index (χ0n) is 10.8. The van der Waals surface area contributed by atoms with Crippen LogP contribution in [0.3, 0.4) is 0 Å². The molecule has 0 saturated carbocycles. The molecule has 0 aromatic heterocycles. The largest absolute Gasteiger partial charge is 0.465 e. The van der Waals surface area contributed by atoms with Crippen molar-refractivity contribution in [1.82, 2.24) is 4.90 Å². The van der Waals surface area contributed by atoms with Crippen LogP contribution >= 0.6 is 11.6 Å². The maximum Gasteiger partial charge on any atom is 0.407 e. The monoisotopic (exact) mass is 280 g/mol. The molecule has 1 aromatic rings. The van der Waals surface area contributed by atoms with Gasteiger partial charge in [-0.05, 0) is 24.0 Å². The van der Waals surface area contributed by atoms with Gasteiger partial charge in [0.05, 0.1) is 10.7 Å². The van der Waals surface area contributed by atoms with Crippen LogP contribution in [0.15, 0.2) is 18.2 Å². The molecular weight excluding hydrogens is 264 g/mol. The van der Waals surface area contributed by atoms with E-state index >= 15 is 0 Å². The van der Waals surface area contributed by atoms with Crippen LogP contribution in [-0.2, 0) is 0 Å². The van der Waals surface area contributed by atoms with Gasteiger partial charge in [-0.1, -0.05) is 23.7 Å². The number of para-hydroxylation sites is 1. The van der Waals surface area contributed by atoms with Gasteiger partial charge in [0.1, 0.15) is 0 Å². The van der Waals surface area contributed by atoms with E-state index in [1.165, 1.54) is 10.5 Å². The standard InChI is InChI=1S/C14H17ClN2O2/c1-16-6-5-9-7-17(14(18)19)8-11(9)10-3-2-4-12(15)13(10)16/h2-4,9,11H,5-8H2,1H3,(H,18,19)/t9-,11-/m1/s1. The van der Waals surface area contributed by atoms with Crippen LogP contribution in [0.25, 0.3) is 0 Å². The Morgan fingerprint density at radius 1 is 1.42 bits per heavy atom. The molecule has 0 bridgehead atoms. The number of hydrogen-bond donors (Lipinski definition) is 1. The van der Waals surface area contributed by atoms with Crippen molar-refractivity contribution in [2.24, 2.45) is 5.92 Å². The van der Waals surface area contributed by atoms with Gasteiger partial charge in [0.2, 0.25) is 0 Å². The van der Waals surface area contributed by atoms with E-state index in [9.17, 15) is 9.90 Å². The molecule has 0 spiro atoms. The summed E-state index contributed by atoms with van der Waals surface area (Å²) in [7, 11) is 2.06. The Morgan fingerprint density at radius 3 is 2.95 bits per heavy atom. The number of carbonyl (C=O) groups is 1. The minimum Gasteiger partial charge on any atom is -0.465 e. The highest BCUT2D eigenvalue weighted by molar-refractivity contribution is 6.33. The lowest BCUT2D eigenvalue weighted by atomic mass is 9.87. The average Bonchev–Trinajstić information content (AvgIpc) is 2.74. The lowest BCUT2D eigenvalue weighted by Crippen LogP contribution is -2.28. The molecule has 2 heterocycles. The van der Waals surface area contributed by atoms with E-state index in [2.05, 4.69) is 18.0 Å². The van der Waals surface area contributed by atoms with Crippen molar-refractivity contribution in [3.63, 3.8) is 0 Å². The molecule has 0 unspecified atom stereocenters. The van der Waals surface area contributed by atoms with E-state index in [1.807, 2.05) is 12.1 Å². The molecule has 2 atom stereocenters. The van der Waals surface area contributed by atoms with E-state index in [1.54, 1.807) is 0 Å². The highest BCUT2D eigenvalue weighted by Gasteiger charge is 2.39. The summed E-state index contributed by atoms with van der Waals surface area (Å²) >= 11 is 6.33. The summed E-state index contributed by atoms with van der Waals surface area (Å²) < 4.78 is 0. The quantitative estimate of drug-likeness (QED) is 0.795. The van der Waals surface area contributed by atoms with E-state index in [-0.39, 0.29) is 5.92 Å². The number of anilines is 1. The zero-order valence-corrected chi connectivity index (χ0v) is 11.6. The summed E-state index contributed by atoms with van der Waals surface area (Å²) in [5.74, 6) is 0.674. The Kier molecular flexibility index (Phi) is 3.05. The van der Waals surface area contributed by atoms with Gasteiger partial charge in [-0.2, -0.15) is 0 Å². The maximum absolute atomic E-state index is 11.2. The normalized spacial score (nSPS) is 25.8. The third-order valence-corrected chi connectivity index (χ3v) is 4.65. The Hall–Kier alpha value is -1.42. The van der Waals surface area contributed by atoms with Gasteiger partial charge in [-0.3, -0.25) is 0 Å². The second kappa shape index (κ2) is 4.60. The molecule has 1 saturated heterocycles. The van der Waals surface area contributed by atoms with Crippen LogP contribution in [0.4, 0.5) is 10.5 Å². The molecule has 5 heteroatoms. The Bertz CT molecular complexity index is 520. The number of hydrogen-bond acceptors (Lipinski definition) is 2. The highest BCUT2D eigenvalue weighted by atomic mass is 35.5. The Labute approximate surface area is 117 Å². The number of likely N-dealkylation sites (tertiary alicyclic amines) is 1. The van der Waals surface area contributed by atoms with Crippen LogP contribution in [-0.4, -0.2) is 42.8 Å². The second-order valence-corrected chi connectivity index (χ2v) is 5.85. The lowest BCUT2D eigenvalue weighted by molar-refractivity contribution is 0.153. The Balaban J connectivity index is 2.03. The third kappa shape index (κ3) is 2.04. The predicted octanol–water partition coefficient (Wildman–Crippen LogP) is 2.87. The van der Waals surface area contributed by atoms with Gasteiger partial charge >= 0.3 is 6.09 Å². The molecule has 1 fully saturated rings. The topological polar surface area (TPSA) is 43.8 Å². The first-order valence-corrected chi connectivity index (χ1v) is 6.93. The number of fused-ring (bicyclic) bond motifs is 3. The molecule has 1 aromatic carbocycles. The van der Waals surface area contributed by atoms with Crippen LogP contribution in [0.5, 0.6) is 0 Å². The lowest BCUT2D eigenvalue weighted by Gasteiger charge is -2.23. The van der Waals surface area contributed by atoms with Gasteiger partial charge < -0.3 is 14.9 Å². The first kappa shape index (κ1) is 12.6. The number of halogens is 1. The zero-order chi connectivity index (χ0) is 13.6. The fourth-order valence-electron chi connectivity index (χ4n) is 3.38. The van der Waals surface area contributed by atoms with Crippen molar-refractivity contribution in [1.29, 1.82) is 0 Å². The molecule has 1 N–H and O–H groups in total. The number of benzene rings is 1. The number of amides is 1. The van der Waals surface area contributed by atoms with Gasteiger partial charge in [-0.15, -0.1) is 0 Å². The van der Waals surface area contributed by atoms with Gasteiger partial charge in [0, 0.05) is 32.6 Å². The highest BCUT2D eigenvalue weighted by Crippen LogP contribution is 2.44. The molecule has 2 aliphatic rings. The van der Waals surface area contributed by atoms with Crippen molar-refractivity contribution in [2.75, 3.05) is 31.6 Å². The van der Waals surface area contributed by atoms with Gasteiger partial charge in [0.15, 0.2) is 0 Å². The van der Waals surface area contributed by atoms with Crippen LogP contribution in [0.1, 0.15) is 17.9 Å². The minimum atomic E-state index is -0.815. The van der Waals surface area contributed by atoms with E-state index < -0.39 is 6.09 Å². The van der Waals surface area contributed by atoms with Crippen LogP contribution in [0, 0.1) is 5.92 Å². The van der Waals surface area contributed by atoms with Crippen LogP contribution in [0.2, 0.25) is 5.02 Å². The summed E-state index contributed by atoms with van der Waals surface area (Å²) in [6, 6.07) is 5.95. The van der Waals surface area contributed by atoms with Crippen molar-refractivity contribution in [3.05, 3.63) is 28.8 Å². The number of nitrogens with zero attached hydrogens (tertiary/aromatic N) is 2.